The highest BCUT2D eigenvalue weighted by Gasteiger charge is 2.06. The number of ether oxygens (including phenoxy) is 2. The molecule has 0 unspecified atom stereocenters. The number of amidine groups is 1. The monoisotopic (exact) mass is 296 g/mol. The van der Waals surface area contributed by atoms with Crippen LogP contribution in [-0.4, -0.2) is 26.0 Å². The van der Waals surface area contributed by atoms with Crippen molar-refractivity contribution < 1.29 is 9.47 Å². The number of nitrogens with one attached hydrogen (secondary N) is 1. The van der Waals surface area contributed by atoms with Crippen molar-refractivity contribution in [2.24, 2.45) is 4.99 Å². The van der Waals surface area contributed by atoms with Crippen LogP contribution in [0.4, 0.5) is 0 Å². The molecule has 22 heavy (non-hydrogen) atoms. The molecule has 0 fully saturated rings. The predicted molar refractivity (Wildman–Crippen MR) is 87.8 cm³/mol. The summed E-state index contributed by atoms with van der Waals surface area (Å²) in [5, 5.41) is 3.32. The zero-order valence-corrected chi connectivity index (χ0v) is 12.7. The first-order chi connectivity index (χ1) is 10.8. The molecule has 0 bridgehead atoms. The quantitative estimate of drug-likeness (QED) is 0.922. The van der Waals surface area contributed by atoms with Gasteiger partial charge >= 0.3 is 0 Å². The smallest absolute Gasteiger partial charge is 0.128 e. The minimum atomic E-state index is 0.544. The van der Waals surface area contributed by atoms with Gasteiger partial charge in [-0.05, 0) is 48.4 Å². The van der Waals surface area contributed by atoms with Crippen LogP contribution in [0.15, 0.2) is 53.5 Å². The average Bonchev–Trinajstić information content (AvgIpc) is 2.61. The minimum absolute atomic E-state index is 0.544. The Bertz CT molecular complexity index is 633. The molecule has 3 rings (SSSR count). The zero-order chi connectivity index (χ0) is 15.2. The maximum atomic E-state index is 5.81. The van der Waals surface area contributed by atoms with Gasteiger partial charge in [-0.25, -0.2) is 0 Å². The molecular weight excluding hydrogens is 276 g/mol. The molecule has 0 saturated carbocycles. The van der Waals surface area contributed by atoms with E-state index >= 15 is 0 Å². The average molecular weight is 296 g/mol. The Labute approximate surface area is 130 Å². The third-order valence-electron chi connectivity index (χ3n) is 3.59. The Kier molecular flexibility index (Phi) is 4.59. The predicted octanol–water partition coefficient (Wildman–Crippen LogP) is 3.01. The summed E-state index contributed by atoms with van der Waals surface area (Å²) in [5.41, 5.74) is 2.22. The maximum Gasteiger partial charge on any atom is 0.128 e. The van der Waals surface area contributed by atoms with Crippen LogP contribution in [0.2, 0.25) is 0 Å². The molecule has 114 valence electrons. The van der Waals surface area contributed by atoms with Gasteiger partial charge in [-0.15, -0.1) is 0 Å². The van der Waals surface area contributed by atoms with Gasteiger partial charge in [0.15, 0.2) is 0 Å². The van der Waals surface area contributed by atoms with Crippen molar-refractivity contribution >= 4 is 5.84 Å². The van der Waals surface area contributed by atoms with Crippen molar-refractivity contribution in [1.29, 1.82) is 0 Å². The van der Waals surface area contributed by atoms with E-state index in [0.717, 1.165) is 48.0 Å². The van der Waals surface area contributed by atoms with Crippen molar-refractivity contribution in [3.63, 3.8) is 0 Å². The van der Waals surface area contributed by atoms with Crippen molar-refractivity contribution in [3.8, 4) is 11.5 Å². The van der Waals surface area contributed by atoms with Gasteiger partial charge < -0.3 is 14.8 Å². The first-order valence-electron chi connectivity index (χ1n) is 7.49. The van der Waals surface area contributed by atoms with E-state index in [-0.39, 0.29) is 0 Å². The van der Waals surface area contributed by atoms with E-state index in [1.54, 1.807) is 7.11 Å². The van der Waals surface area contributed by atoms with E-state index in [0.29, 0.717) is 6.61 Å². The van der Waals surface area contributed by atoms with Crippen molar-refractivity contribution in [1.82, 2.24) is 5.32 Å². The third kappa shape index (κ3) is 3.58. The van der Waals surface area contributed by atoms with Crippen LogP contribution in [0.1, 0.15) is 17.5 Å². The first kappa shape index (κ1) is 14.4. The molecule has 1 heterocycles. The van der Waals surface area contributed by atoms with Crippen LogP contribution in [0.5, 0.6) is 11.5 Å². The normalized spacial score (nSPS) is 14.0. The highest BCUT2D eigenvalue weighted by Crippen LogP contribution is 2.16. The molecule has 0 amide bonds. The lowest BCUT2D eigenvalue weighted by molar-refractivity contribution is 0.306. The number of methoxy groups -OCH3 is 1. The van der Waals surface area contributed by atoms with E-state index < -0.39 is 0 Å². The SMILES string of the molecule is COc1ccc(COc2ccc(C3=NCCCN3)cc2)cc1. The van der Waals surface area contributed by atoms with E-state index in [1.807, 2.05) is 48.5 Å². The molecule has 0 saturated heterocycles. The number of nitrogens with zero attached hydrogens (tertiary/aromatic N) is 1. The second-order valence-electron chi connectivity index (χ2n) is 5.17. The van der Waals surface area contributed by atoms with Crippen molar-refractivity contribution in [2.75, 3.05) is 20.2 Å². The Morgan fingerprint density at radius 3 is 2.36 bits per heavy atom. The van der Waals surface area contributed by atoms with Gasteiger partial charge in [0.2, 0.25) is 0 Å². The number of hydrogen-bond acceptors (Lipinski definition) is 4. The fraction of sp³-hybridized carbons (Fsp3) is 0.278. The van der Waals surface area contributed by atoms with Gasteiger partial charge in [0.25, 0.3) is 0 Å². The highest BCUT2D eigenvalue weighted by molar-refractivity contribution is 5.99. The number of hydrogen-bond donors (Lipinski definition) is 1. The molecule has 2 aromatic rings. The van der Waals surface area contributed by atoms with Crippen LogP contribution >= 0.6 is 0 Å². The summed E-state index contributed by atoms with van der Waals surface area (Å²) in [6, 6.07) is 15.9. The third-order valence-corrected chi connectivity index (χ3v) is 3.59. The van der Waals surface area contributed by atoms with Gasteiger partial charge in [-0.3, -0.25) is 4.99 Å². The maximum absolute atomic E-state index is 5.81. The van der Waals surface area contributed by atoms with Crippen LogP contribution in [0, 0.1) is 0 Å². The lowest BCUT2D eigenvalue weighted by atomic mass is 10.1. The lowest BCUT2D eigenvalue weighted by Gasteiger charge is -2.15. The molecule has 1 aliphatic rings. The van der Waals surface area contributed by atoms with Crippen LogP contribution in [0.3, 0.4) is 0 Å². The minimum Gasteiger partial charge on any atom is -0.497 e. The Hall–Kier alpha value is -2.49. The molecule has 0 atom stereocenters. The van der Waals surface area contributed by atoms with Gasteiger partial charge in [-0.1, -0.05) is 12.1 Å². The zero-order valence-electron chi connectivity index (χ0n) is 12.7. The Balaban J connectivity index is 1.59. The van der Waals surface area contributed by atoms with E-state index in [1.165, 1.54) is 0 Å². The summed E-state index contributed by atoms with van der Waals surface area (Å²) in [7, 11) is 1.67. The number of benzene rings is 2. The summed E-state index contributed by atoms with van der Waals surface area (Å²) in [6.45, 7) is 2.44. The first-order valence-corrected chi connectivity index (χ1v) is 7.49. The van der Waals surface area contributed by atoms with Crippen LogP contribution < -0.4 is 14.8 Å². The molecule has 0 aliphatic carbocycles. The summed E-state index contributed by atoms with van der Waals surface area (Å²) in [4.78, 5) is 4.49. The Morgan fingerprint density at radius 2 is 1.73 bits per heavy atom. The molecule has 0 spiro atoms. The molecule has 0 radical (unpaired) electrons. The van der Waals surface area contributed by atoms with E-state index in [4.69, 9.17) is 9.47 Å². The number of aliphatic imine (C=N–C) groups is 1. The van der Waals surface area contributed by atoms with Gasteiger partial charge in [-0.2, -0.15) is 0 Å². The fourth-order valence-electron chi connectivity index (χ4n) is 2.32. The standard InChI is InChI=1S/C18H20N2O2/c1-21-16-7-3-14(4-8-16)13-22-17-9-5-15(6-10-17)18-19-11-2-12-20-18/h3-10H,2,11-13H2,1H3,(H,19,20). The van der Waals surface area contributed by atoms with Crippen molar-refractivity contribution in [2.45, 2.75) is 13.0 Å². The second-order valence-corrected chi connectivity index (χ2v) is 5.17. The summed E-state index contributed by atoms with van der Waals surface area (Å²) < 4.78 is 11.0. The molecular formula is C18H20N2O2. The Morgan fingerprint density at radius 1 is 1.00 bits per heavy atom. The van der Waals surface area contributed by atoms with E-state index in [2.05, 4.69) is 10.3 Å². The molecule has 4 heteroatoms. The van der Waals surface area contributed by atoms with Gasteiger partial charge in [0.1, 0.15) is 23.9 Å². The second kappa shape index (κ2) is 6.98. The van der Waals surface area contributed by atoms with Gasteiger partial charge in [0, 0.05) is 18.7 Å². The molecule has 0 aromatic heterocycles. The summed E-state index contributed by atoms with van der Waals surface area (Å²) in [5.74, 6) is 2.69. The van der Waals surface area contributed by atoms with Crippen LogP contribution in [0.25, 0.3) is 0 Å². The molecule has 4 nitrogen and oxygen atoms in total. The summed E-state index contributed by atoms with van der Waals surface area (Å²) >= 11 is 0. The van der Waals surface area contributed by atoms with E-state index in [9.17, 15) is 0 Å². The topological polar surface area (TPSA) is 42.9 Å². The largest absolute Gasteiger partial charge is 0.497 e. The van der Waals surface area contributed by atoms with Gasteiger partial charge in [0.05, 0.1) is 7.11 Å². The van der Waals surface area contributed by atoms with Crippen LogP contribution in [-0.2, 0) is 6.61 Å². The fourth-order valence-corrected chi connectivity index (χ4v) is 2.32. The lowest BCUT2D eigenvalue weighted by Crippen LogP contribution is -2.30. The molecule has 1 N–H and O–H groups in total. The molecule has 1 aliphatic heterocycles. The number of rotatable bonds is 5. The van der Waals surface area contributed by atoms with Crippen molar-refractivity contribution in [3.05, 3.63) is 59.7 Å². The molecule has 2 aromatic carbocycles. The summed E-state index contributed by atoms with van der Waals surface area (Å²) in [6.07, 6.45) is 1.10. The highest BCUT2D eigenvalue weighted by atomic mass is 16.5.